The van der Waals surface area contributed by atoms with Gasteiger partial charge in [-0.15, -0.1) is 6.58 Å². The smallest absolute Gasteiger partial charge is 0.162 e. The van der Waals surface area contributed by atoms with Gasteiger partial charge in [0.05, 0.1) is 0 Å². The lowest BCUT2D eigenvalue weighted by Crippen LogP contribution is -2.36. The van der Waals surface area contributed by atoms with E-state index in [0.717, 1.165) is 6.07 Å². The van der Waals surface area contributed by atoms with Crippen LogP contribution in [0.25, 0.3) is 0 Å². The summed E-state index contributed by atoms with van der Waals surface area (Å²) in [5.41, 5.74) is 2.86. The predicted molar refractivity (Wildman–Crippen MR) is 56.0 cm³/mol. The van der Waals surface area contributed by atoms with Crippen molar-refractivity contribution in [2.24, 2.45) is 5.84 Å². The molecular formula is C11H14F2N2. The highest BCUT2D eigenvalue weighted by molar-refractivity contribution is 5.20. The van der Waals surface area contributed by atoms with Gasteiger partial charge in [-0.2, -0.15) is 0 Å². The van der Waals surface area contributed by atoms with Gasteiger partial charge in [0.15, 0.2) is 11.6 Å². The zero-order valence-corrected chi connectivity index (χ0v) is 8.34. The highest BCUT2D eigenvalue weighted by Gasteiger charge is 2.12. The molecule has 15 heavy (non-hydrogen) atoms. The molecule has 0 heterocycles. The van der Waals surface area contributed by atoms with E-state index in [4.69, 9.17) is 5.84 Å². The Bertz CT molecular complexity index is 339. The molecule has 1 rings (SSSR count). The molecule has 0 aliphatic rings. The second-order valence-corrected chi connectivity index (χ2v) is 3.31. The molecule has 1 unspecified atom stereocenters. The van der Waals surface area contributed by atoms with Gasteiger partial charge in [-0.05, 0) is 24.5 Å². The van der Waals surface area contributed by atoms with Crippen molar-refractivity contribution in [1.29, 1.82) is 0 Å². The molecule has 3 N–H and O–H groups in total. The number of rotatable bonds is 5. The fraction of sp³-hybridized carbons (Fsp3) is 0.273. The summed E-state index contributed by atoms with van der Waals surface area (Å²) in [4.78, 5) is 0. The van der Waals surface area contributed by atoms with Crippen molar-refractivity contribution in [2.45, 2.75) is 18.9 Å². The Kier molecular flexibility index (Phi) is 4.39. The third kappa shape index (κ3) is 3.11. The molecule has 1 aromatic carbocycles. The van der Waals surface area contributed by atoms with E-state index in [0.29, 0.717) is 18.4 Å². The van der Waals surface area contributed by atoms with Crippen LogP contribution in [0.1, 0.15) is 12.0 Å². The van der Waals surface area contributed by atoms with Gasteiger partial charge in [0.1, 0.15) is 0 Å². The van der Waals surface area contributed by atoms with Crippen LogP contribution in [0.15, 0.2) is 30.9 Å². The van der Waals surface area contributed by atoms with E-state index < -0.39 is 11.6 Å². The summed E-state index contributed by atoms with van der Waals surface area (Å²) < 4.78 is 26.1. The minimum Gasteiger partial charge on any atom is -0.271 e. The van der Waals surface area contributed by atoms with Crippen molar-refractivity contribution in [3.63, 3.8) is 0 Å². The topological polar surface area (TPSA) is 38.0 Å². The van der Waals surface area contributed by atoms with E-state index >= 15 is 0 Å². The van der Waals surface area contributed by atoms with Crippen LogP contribution in [-0.4, -0.2) is 6.04 Å². The third-order valence-electron chi connectivity index (χ3n) is 2.18. The van der Waals surface area contributed by atoms with Crippen molar-refractivity contribution < 1.29 is 8.78 Å². The Labute approximate surface area is 87.8 Å². The van der Waals surface area contributed by atoms with Crippen LogP contribution in [0.5, 0.6) is 0 Å². The number of benzene rings is 1. The van der Waals surface area contributed by atoms with Gasteiger partial charge in [-0.25, -0.2) is 8.78 Å². The fourth-order valence-electron chi connectivity index (χ4n) is 1.38. The first-order valence-electron chi connectivity index (χ1n) is 4.69. The average Bonchev–Trinajstić information content (AvgIpc) is 2.24. The van der Waals surface area contributed by atoms with Crippen LogP contribution in [0, 0.1) is 11.6 Å². The maximum atomic E-state index is 13.3. The fourth-order valence-corrected chi connectivity index (χ4v) is 1.38. The van der Waals surface area contributed by atoms with Gasteiger partial charge in [-0.1, -0.05) is 18.2 Å². The van der Waals surface area contributed by atoms with E-state index in [1.807, 2.05) is 0 Å². The second-order valence-electron chi connectivity index (χ2n) is 3.31. The van der Waals surface area contributed by atoms with E-state index in [2.05, 4.69) is 12.0 Å². The van der Waals surface area contributed by atoms with Gasteiger partial charge in [0, 0.05) is 6.04 Å². The van der Waals surface area contributed by atoms with Crippen LogP contribution < -0.4 is 11.3 Å². The van der Waals surface area contributed by atoms with Crippen molar-refractivity contribution in [1.82, 2.24) is 5.43 Å². The van der Waals surface area contributed by atoms with Crippen LogP contribution in [0.4, 0.5) is 8.78 Å². The molecule has 0 aliphatic carbocycles. The predicted octanol–water partition coefficient (Wildman–Crippen LogP) is 1.92. The maximum absolute atomic E-state index is 13.3. The maximum Gasteiger partial charge on any atom is 0.162 e. The molecular weight excluding hydrogens is 198 g/mol. The molecule has 0 saturated heterocycles. The summed E-state index contributed by atoms with van der Waals surface area (Å²) in [5, 5.41) is 0. The van der Waals surface area contributed by atoms with Crippen molar-refractivity contribution in [3.05, 3.63) is 48.1 Å². The van der Waals surface area contributed by atoms with Crippen molar-refractivity contribution in [2.75, 3.05) is 0 Å². The average molecular weight is 212 g/mol. The van der Waals surface area contributed by atoms with Gasteiger partial charge in [-0.3, -0.25) is 11.3 Å². The first-order valence-corrected chi connectivity index (χ1v) is 4.69. The second kappa shape index (κ2) is 5.58. The Morgan fingerprint density at radius 2 is 2.20 bits per heavy atom. The lowest BCUT2D eigenvalue weighted by molar-refractivity contribution is 0.476. The lowest BCUT2D eigenvalue weighted by Gasteiger charge is -2.14. The summed E-state index contributed by atoms with van der Waals surface area (Å²) in [5.74, 6) is 3.65. The number of halogens is 2. The number of hydrogen-bond donors (Lipinski definition) is 2. The zero-order valence-electron chi connectivity index (χ0n) is 8.34. The van der Waals surface area contributed by atoms with E-state index in [9.17, 15) is 8.78 Å². The van der Waals surface area contributed by atoms with Crippen LogP contribution in [0.2, 0.25) is 0 Å². The highest BCUT2D eigenvalue weighted by atomic mass is 19.2. The minimum absolute atomic E-state index is 0.126. The minimum atomic E-state index is -0.832. The third-order valence-corrected chi connectivity index (χ3v) is 2.18. The molecule has 0 aliphatic heterocycles. The Morgan fingerprint density at radius 1 is 1.47 bits per heavy atom. The number of nitrogens with two attached hydrogens (primary N) is 1. The molecule has 0 saturated carbocycles. The molecule has 0 radical (unpaired) electrons. The Morgan fingerprint density at radius 3 is 2.80 bits per heavy atom. The Balaban J connectivity index is 2.78. The van der Waals surface area contributed by atoms with Crippen molar-refractivity contribution in [3.8, 4) is 0 Å². The highest BCUT2D eigenvalue weighted by Crippen LogP contribution is 2.14. The van der Waals surface area contributed by atoms with E-state index in [1.165, 1.54) is 6.07 Å². The number of hydrazine groups is 1. The molecule has 0 spiro atoms. The molecule has 0 aromatic heterocycles. The van der Waals surface area contributed by atoms with Gasteiger partial charge < -0.3 is 0 Å². The summed E-state index contributed by atoms with van der Waals surface area (Å²) in [7, 11) is 0. The Hall–Kier alpha value is -1.26. The molecule has 82 valence electrons. The van der Waals surface area contributed by atoms with Crippen LogP contribution >= 0.6 is 0 Å². The van der Waals surface area contributed by atoms with Gasteiger partial charge >= 0.3 is 0 Å². The molecule has 4 heteroatoms. The first kappa shape index (κ1) is 11.8. The monoisotopic (exact) mass is 212 g/mol. The molecule has 0 amide bonds. The van der Waals surface area contributed by atoms with Crippen molar-refractivity contribution >= 4 is 0 Å². The number of hydrogen-bond acceptors (Lipinski definition) is 2. The van der Waals surface area contributed by atoms with Gasteiger partial charge in [0.2, 0.25) is 0 Å². The largest absolute Gasteiger partial charge is 0.271 e. The molecule has 0 fully saturated rings. The lowest BCUT2D eigenvalue weighted by atomic mass is 10.0. The first-order chi connectivity index (χ1) is 7.19. The van der Waals surface area contributed by atoms with Crippen LogP contribution in [0.3, 0.4) is 0 Å². The van der Waals surface area contributed by atoms with E-state index in [-0.39, 0.29) is 6.04 Å². The zero-order chi connectivity index (χ0) is 11.3. The normalized spacial score (nSPS) is 12.5. The molecule has 1 atom stereocenters. The molecule has 1 aromatic rings. The summed E-state index contributed by atoms with van der Waals surface area (Å²) >= 11 is 0. The summed E-state index contributed by atoms with van der Waals surface area (Å²) in [6.45, 7) is 3.57. The number of nitrogens with one attached hydrogen (secondary N) is 1. The standard InChI is InChI=1S/C11H14F2N2/c1-2-4-9(15-14)7-8-5-3-6-10(12)11(8)13/h2-3,5-6,9,15H,1,4,7,14H2. The quantitative estimate of drug-likeness (QED) is 0.444. The summed E-state index contributed by atoms with van der Waals surface area (Å²) in [6.07, 6.45) is 2.63. The van der Waals surface area contributed by atoms with Gasteiger partial charge in [0.25, 0.3) is 0 Å². The SMILES string of the molecule is C=CCC(Cc1cccc(F)c1F)NN. The van der Waals surface area contributed by atoms with E-state index in [1.54, 1.807) is 12.1 Å². The van der Waals surface area contributed by atoms with Crippen LogP contribution in [-0.2, 0) is 6.42 Å². The summed E-state index contributed by atoms with van der Waals surface area (Å²) in [6, 6.07) is 4.00. The molecule has 0 bridgehead atoms. The molecule has 2 nitrogen and oxygen atoms in total.